The topological polar surface area (TPSA) is 100 Å². The third-order valence-electron chi connectivity index (χ3n) is 4.02. The number of hydrogen-bond donors (Lipinski definition) is 3. The second kappa shape index (κ2) is 4.99. The Labute approximate surface area is 121 Å². The number of nitrogens with one attached hydrogen (secondary N) is 1. The molecule has 0 aliphatic carbocycles. The maximum atomic E-state index is 12.2. The summed E-state index contributed by atoms with van der Waals surface area (Å²) in [7, 11) is 1.42. The number of methoxy groups -OCH3 is 1. The van der Waals surface area contributed by atoms with Crippen molar-refractivity contribution in [2.45, 2.75) is 37.2 Å². The number of carbonyl (C=O) groups excluding carboxylic acids is 1. The molecule has 8 heteroatoms. The highest BCUT2D eigenvalue weighted by Gasteiger charge is 2.55. The molecule has 0 aromatic rings. The molecule has 8 nitrogen and oxygen atoms in total. The van der Waals surface area contributed by atoms with Crippen LogP contribution in [0.1, 0.15) is 6.92 Å². The lowest BCUT2D eigenvalue weighted by atomic mass is 9.98. The van der Waals surface area contributed by atoms with Crippen molar-refractivity contribution in [1.82, 2.24) is 10.2 Å². The van der Waals surface area contributed by atoms with Gasteiger partial charge in [0.1, 0.15) is 17.8 Å². The molecule has 3 aliphatic heterocycles. The molecular weight excluding hydrogens is 280 g/mol. The molecule has 3 rings (SSSR count). The summed E-state index contributed by atoms with van der Waals surface area (Å²) in [5.41, 5.74) is -0.427. The van der Waals surface area contributed by atoms with Gasteiger partial charge < -0.3 is 24.4 Å². The van der Waals surface area contributed by atoms with Gasteiger partial charge in [-0.15, -0.1) is 0 Å². The van der Waals surface area contributed by atoms with E-state index in [1.165, 1.54) is 18.3 Å². The first-order valence-corrected chi connectivity index (χ1v) is 6.62. The SMILES string of the molecule is COC1C(N2C=C3C=COC3NC2=O)OC(C)(CO)C1O. The van der Waals surface area contributed by atoms with Crippen molar-refractivity contribution in [3.05, 3.63) is 24.1 Å². The number of aliphatic hydroxyl groups excluding tert-OH is 2. The lowest BCUT2D eigenvalue weighted by molar-refractivity contribution is -0.123. The summed E-state index contributed by atoms with van der Waals surface area (Å²) in [6.45, 7) is 1.18. The average molecular weight is 298 g/mol. The van der Waals surface area contributed by atoms with Crippen molar-refractivity contribution in [3.8, 4) is 0 Å². The highest BCUT2D eigenvalue weighted by Crippen LogP contribution is 2.35. The summed E-state index contributed by atoms with van der Waals surface area (Å²) < 4.78 is 16.2. The predicted molar refractivity (Wildman–Crippen MR) is 69.6 cm³/mol. The van der Waals surface area contributed by atoms with Gasteiger partial charge in [0.05, 0.1) is 12.9 Å². The van der Waals surface area contributed by atoms with Gasteiger partial charge in [0.15, 0.2) is 6.23 Å². The van der Waals surface area contributed by atoms with Crippen LogP contribution in [0.15, 0.2) is 24.1 Å². The van der Waals surface area contributed by atoms with Crippen LogP contribution in [0.4, 0.5) is 4.79 Å². The first-order valence-electron chi connectivity index (χ1n) is 6.62. The fraction of sp³-hybridized carbons (Fsp3) is 0.615. The molecule has 2 amide bonds. The van der Waals surface area contributed by atoms with Crippen LogP contribution in [0.2, 0.25) is 0 Å². The largest absolute Gasteiger partial charge is 0.474 e. The second-order valence-electron chi connectivity index (χ2n) is 5.43. The van der Waals surface area contributed by atoms with E-state index in [4.69, 9.17) is 14.2 Å². The molecule has 0 radical (unpaired) electrons. The summed E-state index contributed by atoms with van der Waals surface area (Å²) in [6, 6.07) is -0.422. The molecule has 1 fully saturated rings. The van der Waals surface area contributed by atoms with Gasteiger partial charge in [-0.3, -0.25) is 10.2 Å². The van der Waals surface area contributed by atoms with Crippen LogP contribution in [-0.4, -0.2) is 65.1 Å². The monoisotopic (exact) mass is 298 g/mol. The van der Waals surface area contributed by atoms with Gasteiger partial charge in [0.2, 0.25) is 6.23 Å². The van der Waals surface area contributed by atoms with Crippen molar-refractivity contribution in [1.29, 1.82) is 0 Å². The van der Waals surface area contributed by atoms with Crippen LogP contribution in [0.3, 0.4) is 0 Å². The zero-order chi connectivity index (χ0) is 15.2. The predicted octanol–water partition coefficient (Wildman–Crippen LogP) is -0.751. The van der Waals surface area contributed by atoms with Crippen molar-refractivity contribution >= 4 is 6.03 Å². The number of aliphatic hydroxyl groups is 2. The Balaban J connectivity index is 1.90. The molecular formula is C13H18N2O6. The van der Waals surface area contributed by atoms with E-state index in [9.17, 15) is 15.0 Å². The molecule has 1 saturated heterocycles. The van der Waals surface area contributed by atoms with Crippen molar-refractivity contribution in [2.24, 2.45) is 0 Å². The van der Waals surface area contributed by atoms with Crippen LogP contribution < -0.4 is 5.32 Å². The number of ether oxygens (including phenoxy) is 3. The minimum atomic E-state index is -1.19. The molecule has 0 spiro atoms. The Morgan fingerprint density at radius 2 is 2.33 bits per heavy atom. The minimum Gasteiger partial charge on any atom is -0.474 e. The smallest absolute Gasteiger partial charge is 0.326 e. The number of hydrogen-bond acceptors (Lipinski definition) is 6. The Hall–Kier alpha value is -1.61. The number of carbonyl (C=O) groups is 1. The summed E-state index contributed by atoms with van der Waals surface area (Å²) in [4.78, 5) is 13.5. The van der Waals surface area contributed by atoms with Crippen LogP contribution in [0.5, 0.6) is 0 Å². The highest BCUT2D eigenvalue weighted by molar-refractivity contribution is 5.78. The Kier molecular flexibility index (Phi) is 3.40. The lowest BCUT2D eigenvalue weighted by Crippen LogP contribution is -2.54. The van der Waals surface area contributed by atoms with Gasteiger partial charge in [-0.05, 0) is 13.0 Å². The van der Waals surface area contributed by atoms with E-state index in [1.54, 1.807) is 19.2 Å². The number of fused-ring (bicyclic) bond motifs is 1. The summed E-state index contributed by atoms with van der Waals surface area (Å²) >= 11 is 0. The molecule has 21 heavy (non-hydrogen) atoms. The van der Waals surface area contributed by atoms with E-state index in [0.717, 1.165) is 5.57 Å². The Bertz CT molecular complexity index is 507. The molecule has 3 heterocycles. The van der Waals surface area contributed by atoms with Gasteiger partial charge >= 0.3 is 6.03 Å². The standard InChI is InChI=1S/C13H18N2O6/c1-13(6-16)9(17)8(19-2)11(21-13)15-5-7-3-4-20-10(7)14-12(15)18/h3-5,8-11,16-17H,6H2,1-2H3,(H,14,18). The van der Waals surface area contributed by atoms with Crippen LogP contribution >= 0.6 is 0 Å². The number of rotatable bonds is 3. The first kappa shape index (κ1) is 14.3. The molecule has 3 aliphatic rings. The van der Waals surface area contributed by atoms with Gasteiger partial charge in [-0.1, -0.05) is 0 Å². The maximum absolute atomic E-state index is 12.2. The van der Waals surface area contributed by atoms with Crippen LogP contribution in [0, 0.1) is 0 Å². The van der Waals surface area contributed by atoms with E-state index in [2.05, 4.69) is 5.32 Å². The normalized spacial score (nSPS) is 41.6. The summed E-state index contributed by atoms with van der Waals surface area (Å²) in [5.74, 6) is 0. The van der Waals surface area contributed by atoms with E-state index in [1.807, 2.05) is 0 Å². The average Bonchev–Trinajstić information content (AvgIpc) is 3.01. The van der Waals surface area contributed by atoms with Crippen LogP contribution in [-0.2, 0) is 14.2 Å². The molecule has 5 atom stereocenters. The lowest BCUT2D eigenvalue weighted by Gasteiger charge is -2.34. The summed E-state index contributed by atoms with van der Waals surface area (Å²) in [6.07, 6.45) is 1.66. The third-order valence-corrected chi connectivity index (χ3v) is 4.02. The van der Waals surface area contributed by atoms with Gasteiger partial charge in [0.25, 0.3) is 0 Å². The number of nitrogens with zero attached hydrogens (tertiary/aromatic N) is 1. The van der Waals surface area contributed by atoms with E-state index in [-0.39, 0.29) is 6.61 Å². The molecule has 3 N–H and O–H groups in total. The van der Waals surface area contributed by atoms with Crippen LogP contribution in [0.25, 0.3) is 0 Å². The number of urea groups is 1. The van der Waals surface area contributed by atoms with E-state index >= 15 is 0 Å². The van der Waals surface area contributed by atoms with Crippen molar-refractivity contribution in [3.63, 3.8) is 0 Å². The molecule has 0 aromatic carbocycles. The van der Waals surface area contributed by atoms with Gasteiger partial charge in [0, 0.05) is 18.9 Å². The maximum Gasteiger partial charge on any atom is 0.326 e. The van der Waals surface area contributed by atoms with Crippen molar-refractivity contribution < 1.29 is 29.2 Å². The summed E-state index contributed by atoms with van der Waals surface area (Å²) in [5, 5.41) is 22.4. The molecule has 116 valence electrons. The molecule has 0 aromatic heterocycles. The van der Waals surface area contributed by atoms with Crippen molar-refractivity contribution in [2.75, 3.05) is 13.7 Å². The van der Waals surface area contributed by atoms with Gasteiger partial charge in [-0.25, -0.2) is 4.79 Å². The quantitative estimate of drug-likeness (QED) is 0.634. The third kappa shape index (κ3) is 2.11. The Morgan fingerprint density at radius 3 is 3.00 bits per heavy atom. The zero-order valence-corrected chi connectivity index (χ0v) is 11.7. The van der Waals surface area contributed by atoms with E-state index < -0.39 is 36.3 Å². The highest BCUT2D eigenvalue weighted by atomic mass is 16.6. The first-order chi connectivity index (χ1) is 10.00. The number of amides is 2. The Morgan fingerprint density at radius 1 is 1.57 bits per heavy atom. The minimum absolute atomic E-state index is 0.387. The fourth-order valence-corrected chi connectivity index (χ4v) is 2.69. The molecule has 5 unspecified atom stereocenters. The molecule has 0 saturated carbocycles. The molecule has 0 bridgehead atoms. The van der Waals surface area contributed by atoms with E-state index in [0.29, 0.717) is 0 Å². The zero-order valence-electron chi connectivity index (χ0n) is 11.7. The van der Waals surface area contributed by atoms with Gasteiger partial charge in [-0.2, -0.15) is 0 Å². The second-order valence-corrected chi connectivity index (χ2v) is 5.43. The fourth-order valence-electron chi connectivity index (χ4n) is 2.69.